The molecule has 9 nitrogen and oxygen atoms in total. The van der Waals surface area contributed by atoms with E-state index in [1.165, 1.54) is 62.0 Å². The van der Waals surface area contributed by atoms with Gasteiger partial charge in [0.05, 0.1) is 31.1 Å². The second-order valence-electron chi connectivity index (χ2n) is 8.73. The summed E-state index contributed by atoms with van der Waals surface area (Å²) in [4.78, 5) is 37.9. The maximum Gasteiger partial charge on any atom is 0.261 e. The lowest BCUT2D eigenvalue weighted by Crippen LogP contribution is -2.27. The van der Waals surface area contributed by atoms with Crippen molar-refractivity contribution in [2.75, 3.05) is 12.4 Å². The number of amides is 1. The first kappa shape index (κ1) is 26.4. The van der Waals surface area contributed by atoms with E-state index in [0.29, 0.717) is 28.0 Å². The van der Waals surface area contributed by atoms with Crippen LogP contribution < -0.4 is 20.2 Å². The average molecular weight is 545 g/mol. The molecule has 11 heteroatoms. The predicted octanol–water partition coefficient (Wildman–Crippen LogP) is 5.12. The standard InChI is InChI=1S/C29H22F2N4O5/c1-15-25(16-3-5-17(30)6-4-16)28(37)26(22(14-36)34-15)29(38)35-18-7-8-23(20(31)11-18)40-24-9-10-32-21-12-19(39-2)13-33-27(21)24/h3-13,36H,14H2,1-2H3,(H,34,37)(H,35,38). The fourth-order valence-electron chi connectivity index (χ4n) is 4.26. The number of aromatic nitrogens is 3. The van der Waals surface area contributed by atoms with Gasteiger partial charge in [-0.25, -0.2) is 13.8 Å². The number of rotatable bonds is 7. The third-order valence-electron chi connectivity index (χ3n) is 6.15. The summed E-state index contributed by atoms with van der Waals surface area (Å²) in [5, 5.41) is 12.3. The van der Waals surface area contributed by atoms with Gasteiger partial charge in [0.1, 0.15) is 22.6 Å². The van der Waals surface area contributed by atoms with Crippen LogP contribution in [0, 0.1) is 18.6 Å². The first-order valence-electron chi connectivity index (χ1n) is 12.0. The largest absolute Gasteiger partial charge is 0.495 e. The molecule has 0 spiro atoms. The number of benzene rings is 2. The Morgan fingerprint density at radius 3 is 2.52 bits per heavy atom. The van der Waals surface area contributed by atoms with Gasteiger partial charge in [-0.15, -0.1) is 0 Å². The zero-order chi connectivity index (χ0) is 28.4. The van der Waals surface area contributed by atoms with E-state index in [0.717, 1.165) is 6.07 Å². The number of nitrogens with zero attached hydrogens (tertiary/aromatic N) is 2. The lowest BCUT2D eigenvalue weighted by Gasteiger charge is -2.14. The monoisotopic (exact) mass is 544 g/mol. The summed E-state index contributed by atoms with van der Waals surface area (Å²) in [7, 11) is 1.50. The molecule has 0 aliphatic carbocycles. The maximum atomic E-state index is 15.0. The summed E-state index contributed by atoms with van der Waals surface area (Å²) >= 11 is 0. The Hall–Kier alpha value is -5.16. The topological polar surface area (TPSA) is 126 Å². The number of aromatic amines is 1. The van der Waals surface area contributed by atoms with Crippen molar-refractivity contribution in [1.82, 2.24) is 15.0 Å². The lowest BCUT2D eigenvalue weighted by molar-refractivity contribution is 0.102. The molecule has 5 rings (SSSR count). The highest BCUT2D eigenvalue weighted by Gasteiger charge is 2.22. The van der Waals surface area contributed by atoms with Crippen molar-refractivity contribution in [2.45, 2.75) is 13.5 Å². The van der Waals surface area contributed by atoms with Crippen molar-refractivity contribution >= 4 is 22.6 Å². The van der Waals surface area contributed by atoms with Gasteiger partial charge in [-0.2, -0.15) is 0 Å². The van der Waals surface area contributed by atoms with Crippen molar-refractivity contribution < 1.29 is 28.2 Å². The van der Waals surface area contributed by atoms with Gasteiger partial charge < -0.3 is 24.9 Å². The molecule has 0 saturated carbocycles. The number of halogens is 2. The van der Waals surface area contributed by atoms with E-state index in [4.69, 9.17) is 9.47 Å². The molecular weight excluding hydrogens is 522 g/mol. The molecular formula is C29H22F2N4O5. The van der Waals surface area contributed by atoms with Crippen LogP contribution in [0.4, 0.5) is 14.5 Å². The molecule has 3 aromatic heterocycles. The van der Waals surface area contributed by atoms with Crippen LogP contribution in [-0.2, 0) is 6.61 Å². The minimum absolute atomic E-state index is 0.0139. The molecule has 0 radical (unpaired) electrons. The molecule has 0 fully saturated rings. The van der Waals surface area contributed by atoms with Crippen molar-refractivity contribution in [3.63, 3.8) is 0 Å². The number of aliphatic hydroxyl groups is 1. The highest BCUT2D eigenvalue weighted by Crippen LogP contribution is 2.31. The Morgan fingerprint density at radius 2 is 1.82 bits per heavy atom. The van der Waals surface area contributed by atoms with Gasteiger partial charge in [0, 0.05) is 41.3 Å². The molecule has 1 amide bonds. The van der Waals surface area contributed by atoms with Crippen LogP contribution in [0.5, 0.6) is 17.2 Å². The van der Waals surface area contributed by atoms with Gasteiger partial charge in [-0.05, 0) is 36.8 Å². The number of fused-ring (bicyclic) bond motifs is 1. The number of ether oxygens (including phenoxy) is 2. The van der Waals surface area contributed by atoms with E-state index in [1.807, 2.05) is 0 Å². The Bertz CT molecular complexity index is 1810. The second kappa shape index (κ2) is 10.9. The van der Waals surface area contributed by atoms with Gasteiger partial charge in [-0.1, -0.05) is 12.1 Å². The second-order valence-corrected chi connectivity index (χ2v) is 8.73. The maximum absolute atomic E-state index is 15.0. The number of carbonyl (C=O) groups is 1. The highest BCUT2D eigenvalue weighted by molar-refractivity contribution is 6.05. The minimum Gasteiger partial charge on any atom is -0.495 e. The van der Waals surface area contributed by atoms with Gasteiger partial charge in [0.2, 0.25) is 5.43 Å². The summed E-state index contributed by atoms with van der Waals surface area (Å²) in [6.07, 6.45) is 2.98. The predicted molar refractivity (Wildman–Crippen MR) is 144 cm³/mol. The fraction of sp³-hybridized carbons (Fsp3) is 0.103. The number of methoxy groups -OCH3 is 1. The average Bonchev–Trinajstić information content (AvgIpc) is 2.94. The van der Waals surface area contributed by atoms with E-state index in [9.17, 15) is 19.1 Å². The zero-order valence-electron chi connectivity index (χ0n) is 21.3. The first-order chi connectivity index (χ1) is 19.3. The number of aryl methyl sites for hydroxylation is 1. The van der Waals surface area contributed by atoms with Crippen molar-refractivity contribution in [1.29, 1.82) is 0 Å². The Morgan fingerprint density at radius 1 is 1.05 bits per heavy atom. The summed E-state index contributed by atoms with van der Waals surface area (Å²) < 4.78 is 39.3. The molecule has 0 aliphatic rings. The molecule has 2 aromatic carbocycles. The van der Waals surface area contributed by atoms with Crippen LogP contribution in [0.25, 0.3) is 22.2 Å². The molecule has 0 saturated heterocycles. The Labute approximate surface area is 226 Å². The van der Waals surface area contributed by atoms with Crippen molar-refractivity contribution in [2.24, 2.45) is 0 Å². The SMILES string of the molecule is COc1cnc2c(Oc3ccc(NC(=O)c4c(CO)[nH]c(C)c(-c5ccc(F)cc5)c4=O)cc3F)ccnc2c1. The van der Waals surface area contributed by atoms with Crippen LogP contribution in [0.2, 0.25) is 0 Å². The lowest BCUT2D eigenvalue weighted by atomic mass is 9.99. The third-order valence-corrected chi connectivity index (χ3v) is 6.15. The first-order valence-corrected chi connectivity index (χ1v) is 12.0. The number of nitrogens with one attached hydrogen (secondary N) is 2. The fourth-order valence-corrected chi connectivity index (χ4v) is 4.26. The van der Waals surface area contributed by atoms with Crippen molar-refractivity contribution in [3.05, 3.63) is 106 Å². The Balaban J connectivity index is 1.43. The molecule has 3 heterocycles. The van der Waals surface area contributed by atoms with Crippen LogP contribution in [0.1, 0.15) is 21.7 Å². The number of carbonyl (C=O) groups excluding carboxylic acids is 1. The van der Waals surface area contributed by atoms with E-state index in [-0.39, 0.29) is 34.0 Å². The smallest absolute Gasteiger partial charge is 0.261 e. The van der Waals surface area contributed by atoms with Crippen LogP contribution >= 0.6 is 0 Å². The number of aliphatic hydroxyl groups excluding tert-OH is 1. The minimum atomic E-state index is -0.861. The number of pyridine rings is 3. The van der Waals surface area contributed by atoms with E-state index < -0.39 is 29.6 Å². The molecule has 202 valence electrons. The summed E-state index contributed by atoms with van der Waals surface area (Å²) in [6, 6.07) is 12.2. The molecule has 5 aromatic rings. The summed E-state index contributed by atoms with van der Waals surface area (Å²) in [5.41, 5.74) is 0.828. The number of anilines is 1. The quantitative estimate of drug-likeness (QED) is 0.260. The van der Waals surface area contributed by atoms with E-state index in [1.54, 1.807) is 13.0 Å². The zero-order valence-corrected chi connectivity index (χ0v) is 21.3. The normalized spacial score (nSPS) is 10.9. The molecule has 0 atom stereocenters. The number of H-pyrrole nitrogens is 1. The molecule has 3 N–H and O–H groups in total. The van der Waals surface area contributed by atoms with Gasteiger partial charge in [0.15, 0.2) is 17.3 Å². The van der Waals surface area contributed by atoms with Gasteiger partial charge >= 0.3 is 0 Å². The van der Waals surface area contributed by atoms with Crippen LogP contribution in [0.3, 0.4) is 0 Å². The molecule has 0 bridgehead atoms. The Kier molecular flexibility index (Phi) is 7.21. The summed E-state index contributed by atoms with van der Waals surface area (Å²) in [5.74, 6) is -1.50. The van der Waals surface area contributed by atoms with Gasteiger partial charge in [-0.3, -0.25) is 14.6 Å². The van der Waals surface area contributed by atoms with Crippen molar-refractivity contribution in [3.8, 4) is 28.4 Å². The van der Waals surface area contributed by atoms with Crippen LogP contribution in [-0.4, -0.2) is 33.1 Å². The molecule has 0 unspecified atom stereocenters. The summed E-state index contributed by atoms with van der Waals surface area (Å²) in [6.45, 7) is 0.983. The molecule has 40 heavy (non-hydrogen) atoms. The van der Waals surface area contributed by atoms with Gasteiger partial charge in [0.25, 0.3) is 5.91 Å². The number of hydrogen-bond donors (Lipinski definition) is 3. The third kappa shape index (κ3) is 5.09. The van der Waals surface area contributed by atoms with Crippen LogP contribution in [0.15, 0.2) is 71.8 Å². The highest BCUT2D eigenvalue weighted by atomic mass is 19.1. The van der Waals surface area contributed by atoms with E-state index >= 15 is 4.39 Å². The molecule has 0 aliphatic heterocycles. The number of hydrogen-bond acceptors (Lipinski definition) is 7. The van der Waals surface area contributed by atoms with E-state index in [2.05, 4.69) is 20.3 Å².